The highest BCUT2D eigenvalue weighted by Crippen LogP contribution is 2.25. The second kappa shape index (κ2) is 7.52. The lowest BCUT2D eigenvalue weighted by molar-refractivity contribution is 0.0696. The quantitative estimate of drug-likeness (QED) is 0.852. The van der Waals surface area contributed by atoms with Crippen LogP contribution in [-0.4, -0.2) is 42.6 Å². The van der Waals surface area contributed by atoms with Crippen LogP contribution < -0.4 is 0 Å². The lowest BCUT2D eigenvalue weighted by Crippen LogP contribution is -2.36. The Morgan fingerprint density at radius 3 is 2.56 bits per heavy atom. The molecule has 1 amide bonds. The van der Waals surface area contributed by atoms with Crippen LogP contribution in [0.2, 0.25) is 0 Å². The van der Waals surface area contributed by atoms with E-state index in [1.807, 2.05) is 0 Å². The van der Waals surface area contributed by atoms with Crippen LogP contribution in [0.4, 0.5) is 0 Å². The maximum Gasteiger partial charge on any atom is 0.335 e. The Balaban J connectivity index is 1.92. The topological polar surface area (TPSA) is 91.8 Å². The summed E-state index contributed by atoms with van der Waals surface area (Å²) in [5, 5.41) is 9.17. The molecule has 142 valence electrons. The fourth-order valence-corrected chi connectivity index (χ4v) is 4.86. The van der Waals surface area contributed by atoms with Crippen LogP contribution in [0.15, 0.2) is 47.4 Å². The van der Waals surface area contributed by atoms with E-state index < -0.39 is 15.8 Å². The van der Waals surface area contributed by atoms with E-state index in [4.69, 9.17) is 5.11 Å². The van der Waals surface area contributed by atoms with Gasteiger partial charge < -0.3 is 10.0 Å². The third-order valence-corrected chi connectivity index (χ3v) is 6.65. The zero-order chi connectivity index (χ0) is 19.6. The number of carboxylic acid groups (broad SMARTS) is 1. The number of benzene rings is 2. The zero-order valence-corrected chi connectivity index (χ0v) is 15.8. The van der Waals surface area contributed by atoms with E-state index in [2.05, 4.69) is 0 Å². The Kier molecular flexibility index (Phi) is 5.32. The summed E-state index contributed by atoms with van der Waals surface area (Å²) in [6.07, 6.45) is 1.07. The molecule has 0 spiro atoms. The first-order chi connectivity index (χ1) is 12.8. The number of rotatable bonds is 5. The molecule has 0 saturated carbocycles. The highest BCUT2D eigenvalue weighted by Gasteiger charge is 2.27. The number of carboxylic acids is 1. The summed E-state index contributed by atoms with van der Waals surface area (Å²) in [7, 11) is -3.53. The molecule has 0 atom stereocenters. The molecule has 0 saturated heterocycles. The summed E-state index contributed by atoms with van der Waals surface area (Å²) in [6.45, 7) is 2.50. The fraction of sp³-hybridized carbons (Fsp3) is 0.300. The first kappa shape index (κ1) is 19.1. The SMILES string of the molecule is CCCS(=O)(=O)c1ccccc1C(=O)N1CCc2ccc(C(=O)O)cc2C1. The summed E-state index contributed by atoms with van der Waals surface area (Å²) < 4.78 is 25.0. The van der Waals surface area contributed by atoms with Gasteiger partial charge in [-0.1, -0.05) is 25.1 Å². The Labute approximate surface area is 158 Å². The van der Waals surface area contributed by atoms with Crippen molar-refractivity contribution in [1.29, 1.82) is 0 Å². The molecule has 1 aliphatic rings. The molecule has 2 aromatic rings. The van der Waals surface area contributed by atoms with Gasteiger partial charge in [0.25, 0.3) is 5.91 Å². The van der Waals surface area contributed by atoms with Crippen molar-refractivity contribution in [1.82, 2.24) is 4.90 Å². The van der Waals surface area contributed by atoms with Crippen molar-refractivity contribution >= 4 is 21.7 Å². The van der Waals surface area contributed by atoms with Gasteiger partial charge in [0.05, 0.1) is 21.8 Å². The average Bonchev–Trinajstić information content (AvgIpc) is 2.66. The monoisotopic (exact) mass is 387 g/mol. The second-order valence-electron chi connectivity index (χ2n) is 6.58. The van der Waals surface area contributed by atoms with Gasteiger partial charge >= 0.3 is 5.97 Å². The van der Waals surface area contributed by atoms with Crippen LogP contribution in [0.5, 0.6) is 0 Å². The molecular formula is C20H21NO5S. The van der Waals surface area contributed by atoms with Crippen molar-refractivity contribution in [2.45, 2.75) is 31.2 Å². The molecule has 2 aromatic carbocycles. The molecule has 0 radical (unpaired) electrons. The van der Waals surface area contributed by atoms with E-state index >= 15 is 0 Å². The van der Waals surface area contributed by atoms with Crippen LogP contribution in [-0.2, 0) is 22.8 Å². The minimum Gasteiger partial charge on any atom is -0.478 e. The van der Waals surface area contributed by atoms with Gasteiger partial charge in [0, 0.05) is 13.1 Å². The minimum absolute atomic E-state index is 0.0118. The Hall–Kier alpha value is -2.67. The van der Waals surface area contributed by atoms with Crippen molar-refractivity contribution in [3.63, 3.8) is 0 Å². The number of nitrogens with zero attached hydrogens (tertiary/aromatic N) is 1. The largest absolute Gasteiger partial charge is 0.478 e. The number of carbonyl (C=O) groups excluding carboxylic acids is 1. The van der Waals surface area contributed by atoms with Gasteiger partial charge in [-0.15, -0.1) is 0 Å². The normalized spacial score (nSPS) is 13.9. The summed E-state index contributed by atoms with van der Waals surface area (Å²) in [4.78, 5) is 25.9. The molecule has 0 unspecified atom stereocenters. The molecule has 6 nitrogen and oxygen atoms in total. The maximum absolute atomic E-state index is 13.0. The maximum atomic E-state index is 13.0. The summed E-state index contributed by atoms with van der Waals surface area (Å²) in [6, 6.07) is 11.2. The van der Waals surface area contributed by atoms with Crippen molar-refractivity contribution in [2.24, 2.45) is 0 Å². The third-order valence-electron chi connectivity index (χ3n) is 4.68. The first-order valence-electron chi connectivity index (χ1n) is 8.79. The number of carbonyl (C=O) groups is 2. The Bertz CT molecular complexity index is 997. The molecule has 7 heteroatoms. The predicted octanol–water partition coefficient (Wildman–Crippen LogP) is 2.77. The molecule has 1 N–H and O–H groups in total. The molecule has 0 aliphatic carbocycles. The van der Waals surface area contributed by atoms with E-state index in [0.717, 1.165) is 11.1 Å². The van der Waals surface area contributed by atoms with Crippen molar-refractivity contribution in [3.8, 4) is 0 Å². The standard InChI is InChI=1S/C20H21NO5S/c1-2-11-27(25,26)18-6-4-3-5-17(18)19(22)21-10-9-14-7-8-15(20(23)24)12-16(14)13-21/h3-8,12H,2,9-11,13H2,1H3,(H,23,24). The Morgan fingerprint density at radius 1 is 1.11 bits per heavy atom. The number of hydrogen-bond donors (Lipinski definition) is 1. The van der Waals surface area contributed by atoms with Crippen LogP contribution in [0, 0.1) is 0 Å². The van der Waals surface area contributed by atoms with Crippen molar-refractivity contribution in [3.05, 3.63) is 64.7 Å². The molecule has 1 aliphatic heterocycles. The molecule has 1 heterocycles. The lowest BCUT2D eigenvalue weighted by Gasteiger charge is -2.29. The van der Waals surface area contributed by atoms with Gasteiger partial charge in [0.2, 0.25) is 0 Å². The molecule has 0 fully saturated rings. The fourth-order valence-electron chi connectivity index (χ4n) is 3.33. The minimum atomic E-state index is -3.53. The van der Waals surface area contributed by atoms with E-state index in [-0.39, 0.29) is 34.2 Å². The molecule has 0 bridgehead atoms. The molecule has 3 rings (SSSR count). The molecular weight excluding hydrogens is 366 g/mol. The summed E-state index contributed by atoms with van der Waals surface area (Å²) >= 11 is 0. The van der Waals surface area contributed by atoms with E-state index in [1.165, 1.54) is 12.1 Å². The summed E-state index contributed by atoms with van der Waals surface area (Å²) in [5.41, 5.74) is 2.14. The van der Waals surface area contributed by atoms with Gasteiger partial charge in [0.1, 0.15) is 0 Å². The number of fused-ring (bicyclic) bond motifs is 1. The Morgan fingerprint density at radius 2 is 1.85 bits per heavy atom. The van der Waals surface area contributed by atoms with Gasteiger partial charge in [-0.3, -0.25) is 4.79 Å². The molecule has 0 aromatic heterocycles. The van der Waals surface area contributed by atoms with Crippen LogP contribution in [0.25, 0.3) is 0 Å². The van der Waals surface area contributed by atoms with Crippen LogP contribution in [0.1, 0.15) is 45.2 Å². The van der Waals surface area contributed by atoms with Gasteiger partial charge in [-0.25, -0.2) is 13.2 Å². The second-order valence-corrected chi connectivity index (χ2v) is 8.66. The third kappa shape index (κ3) is 3.88. The predicted molar refractivity (Wildman–Crippen MR) is 101 cm³/mol. The van der Waals surface area contributed by atoms with E-state index in [1.54, 1.807) is 42.2 Å². The van der Waals surface area contributed by atoms with Gasteiger partial charge in [0.15, 0.2) is 9.84 Å². The number of sulfone groups is 1. The summed E-state index contributed by atoms with van der Waals surface area (Å²) in [5.74, 6) is -1.38. The van der Waals surface area contributed by atoms with Crippen LogP contribution in [0.3, 0.4) is 0 Å². The molecule has 27 heavy (non-hydrogen) atoms. The first-order valence-corrected chi connectivity index (χ1v) is 10.4. The van der Waals surface area contributed by atoms with Crippen molar-refractivity contribution in [2.75, 3.05) is 12.3 Å². The van der Waals surface area contributed by atoms with Crippen LogP contribution >= 0.6 is 0 Å². The zero-order valence-electron chi connectivity index (χ0n) is 15.0. The lowest BCUT2D eigenvalue weighted by atomic mass is 9.97. The highest BCUT2D eigenvalue weighted by atomic mass is 32.2. The van der Waals surface area contributed by atoms with Crippen molar-refractivity contribution < 1.29 is 23.1 Å². The van der Waals surface area contributed by atoms with E-state index in [0.29, 0.717) is 19.4 Å². The number of amides is 1. The van der Waals surface area contributed by atoms with E-state index in [9.17, 15) is 18.0 Å². The average molecular weight is 387 g/mol. The highest BCUT2D eigenvalue weighted by molar-refractivity contribution is 7.91. The number of hydrogen-bond acceptors (Lipinski definition) is 4. The number of aromatic carboxylic acids is 1. The smallest absolute Gasteiger partial charge is 0.335 e. The van der Waals surface area contributed by atoms with Gasteiger partial charge in [-0.05, 0) is 48.2 Å². The van der Waals surface area contributed by atoms with Gasteiger partial charge in [-0.2, -0.15) is 0 Å².